The Morgan fingerprint density at radius 2 is 1.96 bits per heavy atom. The Bertz CT molecular complexity index is 906. The second-order valence-electron chi connectivity index (χ2n) is 4.94. The van der Waals surface area contributed by atoms with Gasteiger partial charge >= 0.3 is 0 Å². The van der Waals surface area contributed by atoms with Crippen molar-refractivity contribution < 1.29 is 22.4 Å². The molecule has 1 heterocycles. The second kappa shape index (κ2) is 5.75. The Labute approximate surface area is 128 Å². The minimum Gasteiger partial charge on any atom is -0.441 e. The van der Waals surface area contributed by atoms with Crippen molar-refractivity contribution >= 4 is 17.0 Å². The Kier molecular flexibility index (Phi) is 3.77. The highest BCUT2D eigenvalue weighted by Crippen LogP contribution is 2.18. The van der Waals surface area contributed by atoms with E-state index in [0.717, 1.165) is 6.07 Å². The fraction of sp³-hybridized carbons (Fsp3) is 0.125. The van der Waals surface area contributed by atoms with Crippen LogP contribution in [-0.2, 0) is 6.54 Å². The van der Waals surface area contributed by atoms with Crippen molar-refractivity contribution in [2.24, 2.45) is 0 Å². The second-order valence-corrected chi connectivity index (χ2v) is 4.94. The molecule has 0 aliphatic carbocycles. The molecule has 0 aliphatic rings. The van der Waals surface area contributed by atoms with Crippen molar-refractivity contribution in [1.82, 2.24) is 10.3 Å². The van der Waals surface area contributed by atoms with E-state index in [0.29, 0.717) is 28.6 Å². The number of aromatic nitrogens is 1. The first-order chi connectivity index (χ1) is 11.0. The van der Waals surface area contributed by atoms with E-state index in [-0.39, 0.29) is 6.54 Å². The van der Waals surface area contributed by atoms with Crippen LogP contribution in [0, 0.1) is 24.4 Å². The molecule has 2 aromatic carbocycles. The molecule has 0 fully saturated rings. The zero-order valence-electron chi connectivity index (χ0n) is 12.0. The van der Waals surface area contributed by atoms with Gasteiger partial charge in [0.2, 0.25) is 0 Å². The molecule has 4 nitrogen and oxygen atoms in total. The molecule has 0 radical (unpaired) electrons. The Morgan fingerprint density at radius 1 is 1.17 bits per heavy atom. The van der Waals surface area contributed by atoms with Gasteiger partial charge in [0.25, 0.3) is 5.91 Å². The Balaban J connectivity index is 1.76. The van der Waals surface area contributed by atoms with Gasteiger partial charge in [0.05, 0.1) is 5.56 Å². The van der Waals surface area contributed by atoms with E-state index < -0.39 is 28.9 Å². The number of oxazole rings is 1. The van der Waals surface area contributed by atoms with Gasteiger partial charge in [-0.25, -0.2) is 18.2 Å². The summed E-state index contributed by atoms with van der Waals surface area (Å²) in [5, 5.41) is 2.45. The molecule has 0 saturated heterocycles. The SMILES string of the molecule is Cc1nc2cc(CNC(=O)c3ccc(F)c(F)c3F)ccc2o1. The van der Waals surface area contributed by atoms with Gasteiger partial charge < -0.3 is 9.73 Å². The number of nitrogens with zero attached hydrogens (tertiary/aromatic N) is 1. The van der Waals surface area contributed by atoms with Gasteiger partial charge in [-0.3, -0.25) is 4.79 Å². The number of amides is 1. The van der Waals surface area contributed by atoms with Crippen LogP contribution in [0.25, 0.3) is 11.1 Å². The molecule has 0 atom stereocenters. The lowest BCUT2D eigenvalue weighted by Crippen LogP contribution is -2.24. The standard InChI is InChI=1S/C16H11F3N2O2/c1-8-21-12-6-9(2-5-13(12)23-8)7-20-16(22)10-3-4-11(17)15(19)14(10)18/h2-6H,7H2,1H3,(H,20,22). The largest absolute Gasteiger partial charge is 0.441 e. The number of aryl methyl sites for hydroxylation is 1. The van der Waals surface area contributed by atoms with Crippen LogP contribution in [-0.4, -0.2) is 10.9 Å². The molecule has 0 bridgehead atoms. The van der Waals surface area contributed by atoms with E-state index in [2.05, 4.69) is 10.3 Å². The summed E-state index contributed by atoms with van der Waals surface area (Å²) >= 11 is 0. The van der Waals surface area contributed by atoms with Crippen LogP contribution in [0.3, 0.4) is 0 Å². The maximum atomic E-state index is 13.6. The van der Waals surface area contributed by atoms with Crippen molar-refractivity contribution in [3.63, 3.8) is 0 Å². The van der Waals surface area contributed by atoms with Gasteiger partial charge in [0, 0.05) is 13.5 Å². The number of rotatable bonds is 3. The van der Waals surface area contributed by atoms with Gasteiger partial charge in [-0.1, -0.05) is 6.07 Å². The number of carbonyl (C=O) groups is 1. The summed E-state index contributed by atoms with van der Waals surface area (Å²) in [6.07, 6.45) is 0. The molecule has 0 spiro atoms. The fourth-order valence-corrected chi connectivity index (χ4v) is 2.18. The van der Waals surface area contributed by atoms with Crippen LogP contribution in [0.15, 0.2) is 34.7 Å². The average molecular weight is 320 g/mol. The van der Waals surface area contributed by atoms with E-state index in [1.54, 1.807) is 25.1 Å². The quantitative estimate of drug-likeness (QED) is 0.752. The predicted molar refractivity (Wildman–Crippen MR) is 76.2 cm³/mol. The minimum absolute atomic E-state index is 0.0825. The Morgan fingerprint density at radius 3 is 2.74 bits per heavy atom. The lowest BCUT2D eigenvalue weighted by Gasteiger charge is -2.07. The first-order valence-electron chi connectivity index (χ1n) is 6.73. The number of benzene rings is 2. The fourth-order valence-electron chi connectivity index (χ4n) is 2.18. The number of hydrogen-bond donors (Lipinski definition) is 1. The van der Waals surface area contributed by atoms with Crippen LogP contribution >= 0.6 is 0 Å². The maximum Gasteiger partial charge on any atom is 0.254 e. The predicted octanol–water partition coefficient (Wildman–Crippen LogP) is 3.48. The number of halogens is 3. The summed E-state index contributed by atoms with van der Waals surface area (Å²) in [6, 6.07) is 6.74. The lowest BCUT2D eigenvalue weighted by atomic mass is 10.1. The molecule has 0 unspecified atom stereocenters. The van der Waals surface area contributed by atoms with E-state index in [1.807, 2.05) is 0 Å². The molecule has 1 aromatic heterocycles. The lowest BCUT2D eigenvalue weighted by molar-refractivity contribution is 0.0945. The van der Waals surface area contributed by atoms with Gasteiger partial charge in [0.15, 0.2) is 28.9 Å². The molecule has 7 heteroatoms. The maximum absolute atomic E-state index is 13.6. The molecular formula is C16H11F3N2O2. The zero-order chi connectivity index (χ0) is 16.6. The smallest absolute Gasteiger partial charge is 0.254 e. The number of nitrogens with one attached hydrogen (secondary N) is 1. The third-order valence-electron chi connectivity index (χ3n) is 3.29. The number of fused-ring (bicyclic) bond motifs is 1. The minimum atomic E-state index is -1.67. The normalized spacial score (nSPS) is 11.0. The molecule has 118 valence electrons. The summed E-state index contributed by atoms with van der Waals surface area (Å²) in [5.41, 5.74) is 1.40. The molecule has 3 rings (SSSR count). The Hall–Kier alpha value is -2.83. The molecule has 23 heavy (non-hydrogen) atoms. The third kappa shape index (κ3) is 2.90. The summed E-state index contributed by atoms with van der Waals surface area (Å²) in [5.74, 6) is -4.84. The van der Waals surface area contributed by atoms with Crippen molar-refractivity contribution in [2.75, 3.05) is 0 Å². The molecule has 3 aromatic rings. The number of carbonyl (C=O) groups excluding carboxylic acids is 1. The summed E-state index contributed by atoms with van der Waals surface area (Å²) in [7, 11) is 0. The molecule has 1 N–H and O–H groups in total. The van der Waals surface area contributed by atoms with E-state index >= 15 is 0 Å². The average Bonchev–Trinajstić information content (AvgIpc) is 2.89. The summed E-state index contributed by atoms with van der Waals surface area (Å²) in [4.78, 5) is 16.1. The van der Waals surface area contributed by atoms with Crippen molar-refractivity contribution in [1.29, 1.82) is 0 Å². The molecule has 0 aliphatic heterocycles. The molecule has 0 saturated carbocycles. The summed E-state index contributed by atoms with van der Waals surface area (Å²) in [6.45, 7) is 1.80. The topological polar surface area (TPSA) is 55.1 Å². The molecule has 1 amide bonds. The van der Waals surface area contributed by atoms with Crippen LogP contribution in [0.2, 0.25) is 0 Å². The van der Waals surface area contributed by atoms with Gasteiger partial charge in [-0.2, -0.15) is 0 Å². The monoisotopic (exact) mass is 320 g/mol. The zero-order valence-corrected chi connectivity index (χ0v) is 12.0. The third-order valence-corrected chi connectivity index (χ3v) is 3.29. The number of hydrogen-bond acceptors (Lipinski definition) is 3. The first-order valence-corrected chi connectivity index (χ1v) is 6.73. The van der Waals surface area contributed by atoms with E-state index in [9.17, 15) is 18.0 Å². The van der Waals surface area contributed by atoms with Crippen LogP contribution < -0.4 is 5.32 Å². The van der Waals surface area contributed by atoms with E-state index in [1.165, 1.54) is 0 Å². The first kappa shape index (κ1) is 15.1. The summed E-state index contributed by atoms with van der Waals surface area (Å²) < 4.78 is 44.9. The van der Waals surface area contributed by atoms with Crippen LogP contribution in [0.4, 0.5) is 13.2 Å². The van der Waals surface area contributed by atoms with Crippen LogP contribution in [0.5, 0.6) is 0 Å². The van der Waals surface area contributed by atoms with Crippen LogP contribution in [0.1, 0.15) is 21.8 Å². The molecular weight excluding hydrogens is 309 g/mol. The highest BCUT2D eigenvalue weighted by molar-refractivity contribution is 5.94. The highest BCUT2D eigenvalue weighted by Gasteiger charge is 2.18. The van der Waals surface area contributed by atoms with Crippen molar-refractivity contribution in [3.8, 4) is 0 Å². The van der Waals surface area contributed by atoms with Gasteiger partial charge in [0.1, 0.15) is 5.52 Å². The van der Waals surface area contributed by atoms with Gasteiger partial charge in [-0.05, 0) is 29.8 Å². The van der Waals surface area contributed by atoms with Crippen molar-refractivity contribution in [2.45, 2.75) is 13.5 Å². The van der Waals surface area contributed by atoms with Crippen molar-refractivity contribution in [3.05, 3.63) is 64.8 Å². The highest BCUT2D eigenvalue weighted by atomic mass is 19.2. The van der Waals surface area contributed by atoms with E-state index in [4.69, 9.17) is 4.42 Å². The van der Waals surface area contributed by atoms with Gasteiger partial charge in [-0.15, -0.1) is 0 Å².